The molecule has 4 heteroatoms. The largest absolute Gasteiger partial charge is 0.363 e. The fourth-order valence-corrected chi connectivity index (χ4v) is 4.25. The van der Waals surface area contributed by atoms with Crippen molar-refractivity contribution in [1.82, 2.24) is 0 Å². The van der Waals surface area contributed by atoms with Crippen molar-refractivity contribution in [2.45, 2.75) is 19.4 Å². The fraction of sp³-hybridized carbons (Fsp3) is 0.267. The zero-order valence-electron chi connectivity index (χ0n) is 10.6. The molecule has 2 aromatic rings. The van der Waals surface area contributed by atoms with Crippen LogP contribution in [0.4, 0.5) is 5.69 Å². The molecule has 0 radical (unpaired) electrons. The minimum atomic E-state index is 0.383. The van der Waals surface area contributed by atoms with Crippen LogP contribution in [0.15, 0.2) is 34.1 Å². The molecule has 1 unspecified atom stereocenters. The van der Waals surface area contributed by atoms with E-state index >= 15 is 0 Å². The van der Waals surface area contributed by atoms with Gasteiger partial charge in [-0.25, -0.2) is 0 Å². The number of hydrogen-bond donors (Lipinski definition) is 0. The third kappa shape index (κ3) is 2.23. The Balaban J connectivity index is 1.98. The van der Waals surface area contributed by atoms with E-state index in [0.29, 0.717) is 11.6 Å². The summed E-state index contributed by atoms with van der Waals surface area (Å²) in [7, 11) is 0. The Morgan fingerprint density at radius 2 is 2.26 bits per heavy atom. The standard InChI is InChI=1S/C15H14BrNOS/c1-10-12-5-7-19-15(12)4-6-17(10)14-3-2-11(9-18)8-13(14)16/h2-3,5,7-10H,4,6H2,1H3. The first-order valence-electron chi connectivity index (χ1n) is 6.28. The van der Waals surface area contributed by atoms with Crippen LogP contribution in [0, 0.1) is 0 Å². The Hall–Kier alpha value is -1.13. The van der Waals surface area contributed by atoms with Gasteiger partial charge < -0.3 is 4.90 Å². The topological polar surface area (TPSA) is 20.3 Å². The van der Waals surface area contributed by atoms with Gasteiger partial charge in [0.25, 0.3) is 0 Å². The maximum atomic E-state index is 10.8. The Kier molecular flexibility index (Phi) is 3.46. The van der Waals surface area contributed by atoms with Gasteiger partial charge in [0.2, 0.25) is 0 Å². The van der Waals surface area contributed by atoms with Gasteiger partial charge in [0.1, 0.15) is 6.29 Å². The Bertz CT molecular complexity index is 622. The number of fused-ring (bicyclic) bond motifs is 1. The summed E-state index contributed by atoms with van der Waals surface area (Å²) in [5.41, 5.74) is 3.30. The van der Waals surface area contributed by atoms with E-state index < -0.39 is 0 Å². The number of carbonyl (C=O) groups excluding carboxylic acids is 1. The van der Waals surface area contributed by atoms with Crippen molar-refractivity contribution in [3.63, 3.8) is 0 Å². The molecule has 0 saturated heterocycles. The Labute approximate surface area is 125 Å². The lowest BCUT2D eigenvalue weighted by atomic mass is 10.0. The molecule has 1 aliphatic heterocycles. The zero-order valence-corrected chi connectivity index (χ0v) is 13.0. The van der Waals surface area contributed by atoms with Gasteiger partial charge in [0.15, 0.2) is 0 Å². The van der Waals surface area contributed by atoms with Gasteiger partial charge in [-0.1, -0.05) is 0 Å². The van der Waals surface area contributed by atoms with Crippen LogP contribution in [0.2, 0.25) is 0 Å². The normalized spacial score (nSPS) is 18.2. The first-order valence-corrected chi connectivity index (χ1v) is 7.95. The molecule has 0 saturated carbocycles. The maximum Gasteiger partial charge on any atom is 0.150 e. The number of carbonyl (C=O) groups is 1. The van der Waals surface area contributed by atoms with Crippen LogP contribution >= 0.6 is 27.3 Å². The summed E-state index contributed by atoms with van der Waals surface area (Å²) in [5, 5.41) is 2.18. The molecular weight excluding hydrogens is 322 g/mol. The third-order valence-corrected chi connectivity index (χ3v) is 5.33. The molecular formula is C15H14BrNOS. The second-order valence-corrected chi connectivity index (χ2v) is 6.60. The van der Waals surface area contributed by atoms with Crippen molar-refractivity contribution in [3.8, 4) is 0 Å². The fourth-order valence-electron chi connectivity index (χ4n) is 2.67. The molecule has 2 nitrogen and oxygen atoms in total. The summed E-state index contributed by atoms with van der Waals surface area (Å²) >= 11 is 5.44. The summed E-state index contributed by atoms with van der Waals surface area (Å²) in [4.78, 5) is 14.7. The first-order chi connectivity index (χ1) is 9.20. The molecule has 2 heterocycles. The number of benzene rings is 1. The van der Waals surface area contributed by atoms with E-state index in [4.69, 9.17) is 0 Å². The number of halogens is 1. The van der Waals surface area contributed by atoms with Gasteiger partial charge >= 0.3 is 0 Å². The molecule has 0 N–H and O–H groups in total. The molecule has 1 aliphatic rings. The Morgan fingerprint density at radius 1 is 1.42 bits per heavy atom. The highest BCUT2D eigenvalue weighted by molar-refractivity contribution is 9.10. The van der Waals surface area contributed by atoms with Gasteiger partial charge in [-0.2, -0.15) is 0 Å². The van der Waals surface area contributed by atoms with Crippen molar-refractivity contribution in [2.24, 2.45) is 0 Å². The van der Waals surface area contributed by atoms with E-state index in [9.17, 15) is 4.79 Å². The first kappa shape index (κ1) is 12.9. The predicted molar refractivity (Wildman–Crippen MR) is 83.3 cm³/mol. The monoisotopic (exact) mass is 335 g/mol. The van der Waals surface area contributed by atoms with Crippen LogP contribution in [0.25, 0.3) is 0 Å². The van der Waals surface area contributed by atoms with E-state index in [1.807, 2.05) is 29.5 Å². The van der Waals surface area contributed by atoms with Crippen molar-refractivity contribution in [2.75, 3.05) is 11.4 Å². The molecule has 19 heavy (non-hydrogen) atoms. The zero-order chi connectivity index (χ0) is 13.4. The van der Waals surface area contributed by atoms with Gasteiger partial charge in [-0.15, -0.1) is 11.3 Å². The van der Waals surface area contributed by atoms with Crippen molar-refractivity contribution < 1.29 is 4.79 Å². The van der Waals surface area contributed by atoms with Gasteiger partial charge in [-0.05, 0) is 64.5 Å². The highest BCUT2D eigenvalue weighted by atomic mass is 79.9. The molecule has 1 atom stereocenters. The average Bonchev–Trinajstić information content (AvgIpc) is 2.89. The second-order valence-electron chi connectivity index (χ2n) is 4.75. The van der Waals surface area contributed by atoms with Crippen LogP contribution in [0.3, 0.4) is 0 Å². The average molecular weight is 336 g/mol. The molecule has 1 aromatic heterocycles. The molecule has 0 bridgehead atoms. The predicted octanol–water partition coefficient (Wildman–Crippen LogP) is 4.45. The van der Waals surface area contributed by atoms with Crippen molar-refractivity contribution >= 4 is 39.2 Å². The summed E-state index contributed by atoms with van der Waals surface area (Å²) in [6, 6.07) is 8.40. The second kappa shape index (κ2) is 5.10. The van der Waals surface area contributed by atoms with E-state index in [1.165, 1.54) is 10.4 Å². The smallest absolute Gasteiger partial charge is 0.150 e. The quantitative estimate of drug-likeness (QED) is 0.756. The SMILES string of the molecule is CC1c2ccsc2CCN1c1ccc(C=O)cc1Br. The number of rotatable bonds is 2. The van der Waals surface area contributed by atoms with Crippen molar-refractivity contribution in [3.05, 3.63) is 50.1 Å². The molecule has 0 fully saturated rings. The molecule has 0 spiro atoms. The highest BCUT2D eigenvalue weighted by Crippen LogP contribution is 2.38. The molecule has 0 aliphatic carbocycles. The van der Waals surface area contributed by atoms with Crippen LogP contribution in [-0.4, -0.2) is 12.8 Å². The minimum Gasteiger partial charge on any atom is -0.363 e. The van der Waals surface area contributed by atoms with E-state index in [1.54, 1.807) is 0 Å². The summed E-state index contributed by atoms with van der Waals surface area (Å²) in [6.07, 6.45) is 1.98. The third-order valence-electron chi connectivity index (χ3n) is 3.69. The summed E-state index contributed by atoms with van der Waals surface area (Å²) < 4.78 is 0.989. The number of nitrogens with zero attached hydrogens (tertiary/aromatic N) is 1. The lowest BCUT2D eigenvalue weighted by Gasteiger charge is -2.36. The van der Waals surface area contributed by atoms with Crippen LogP contribution < -0.4 is 4.90 Å². The van der Waals surface area contributed by atoms with Gasteiger partial charge in [0.05, 0.1) is 11.7 Å². The molecule has 1 aromatic carbocycles. The minimum absolute atomic E-state index is 0.383. The van der Waals surface area contributed by atoms with Crippen molar-refractivity contribution in [1.29, 1.82) is 0 Å². The number of hydrogen-bond acceptors (Lipinski definition) is 3. The number of anilines is 1. The Morgan fingerprint density at radius 3 is 3.00 bits per heavy atom. The lowest BCUT2D eigenvalue weighted by molar-refractivity contribution is 0.112. The van der Waals surface area contributed by atoms with E-state index in [2.05, 4.69) is 39.2 Å². The summed E-state index contributed by atoms with van der Waals surface area (Å²) in [5.74, 6) is 0. The lowest BCUT2D eigenvalue weighted by Crippen LogP contribution is -2.33. The van der Waals surface area contributed by atoms with Crippen LogP contribution in [0.1, 0.15) is 33.8 Å². The van der Waals surface area contributed by atoms with E-state index in [-0.39, 0.29) is 0 Å². The molecule has 0 amide bonds. The molecule has 98 valence electrons. The number of thiophene rings is 1. The maximum absolute atomic E-state index is 10.8. The van der Waals surface area contributed by atoms with E-state index in [0.717, 1.165) is 29.4 Å². The number of aldehydes is 1. The van der Waals surface area contributed by atoms with Gasteiger partial charge in [0, 0.05) is 21.5 Å². The van der Waals surface area contributed by atoms with Gasteiger partial charge in [-0.3, -0.25) is 4.79 Å². The highest BCUT2D eigenvalue weighted by Gasteiger charge is 2.25. The van der Waals surface area contributed by atoms with Crippen LogP contribution in [-0.2, 0) is 6.42 Å². The molecule has 3 rings (SSSR count). The summed E-state index contributed by atoms with van der Waals surface area (Å²) in [6.45, 7) is 3.26. The van der Waals surface area contributed by atoms with Crippen LogP contribution in [0.5, 0.6) is 0 Å².